The van der Waals surface area contributed by atoms with E-state index in [0.717, 1.165) is 30.6 Å². The van der Waals surface area contributed by atoms with Crippen molar-refractivity contribution in [3.63, 3.8) is 0 Å². The minimum Gasteiger partial charge on any atom is -0.383 e. The number of nitrogens with zero attached hydrogens (tertiary/aromatic N) is 1. The number of sulfonamides is 1. The van der Waals surface area contributed by atoms with Crippen LogP contribution in [0.1, 0.15) is 44.6 Å². The van der Waals surface area contributed by atoms with Gasteiger partial charge in [0.1, 0.15) is 5.82 Å². The molecule has 0 atom stereocenters. The van der Waals surface area contributed by atoms with E-state index < -0.39 is 10.0 Å². The molecule has 5 nitrogen and oxygen atoms in total. The number of anilines is 2. The summed E-state index contributed by atoms with van der Waals surface area (Å²) in [6.45, 7) is 2.90. The van der Waals surface area contributed by atoms with Gasteiger partial charge in [-0.25, -0.2) is 13.4 Å². The van der Waals surface area contributed by atoms with Crippen molar-refractivity contribution in [3.05, 3.63) is 59.8 Å². The lowest BCUT2D eigenvalue weighted by atomic mass is 9.97. The molecule has 0 fully saturated rings. The Morgan fingerprint density at radius 1 is 1.07 bits per heavy atom. The molecule has 0 unspecified atom stereocenters. The van der Waals surface area contributed by atoms with E-state index in [0.29, 0.717) is 5.82 Å². The maximum absolute atomic E-state index is 12.5. The Kier molecular flexibility index (Phi) is 6.50. The SMILES string of the molecule is CCc1ccc(S(=O)(=O)Nc2ccc(NCCC3=CCCCC3)cn2)cc1. The van der Waals surface area contributed by atoms with Gasteiger partial charge in [0.2, 0.25) is 0 Å². The van der Waals surface area contributed by atoms with Crippen LogP contribution in [0.4, 0.5) is 11.5 Å². The molecular weight excluding hydrogens is 358 g/mol. The summed E-state index contributed by atoms with van der Waals surface area (Å²) in [6.07, 6.45) is 10.9. The van der Waals surface area contributed by atoms with Crippen LogP contribution in [0.25, 0.3) is 0 Å². The molecule has 1 aromatic carbocycles. The van der Waals surface area contributed by atoms with Crippen LogP contribution < -0.4 is 10.0 Å². The van der Waals surface area contributed by atoms with Crippen molar-refractivity contribution < 1.29 is 8.42 Å². The first-order valence-corrected chi connectivity index (χ1v) is 11.0. The van der Waals surface area contributed by atoms with Gasteiger partial charge >= 0.3 is 0 Å². The summed E-state index contributed by atoms with van der Waals surface area (Å²) in [7, 11) is -3.62. The molecule has 2 N–H and O–H groups in total. The minimum absolute atomic E-state index is 0.240. The number of hydrogen-bond acceptors (Lipinski definition) is 4. The van der Waals surface area contributed by atoms with Crippen molar-refractivity contribution in [2.24, 2.45) is 0 Å². The Morgan fingerprint density at radius 3 is 2.52 bits per heavy atom. The quantitative estimate of drug-likeness (QED) is 0.644. The van der Waals surface area contributed by atoms with Gasteiger partial charge in [0.25, 0.3) is 10.0 Å². The number of pyridine rings is 1. The number of allylic oxidation sites excluding steroid dienone is 1. The molecule has 1 heterocycles. The highest BCUT2D eigenvalue weighted by atomic mass is 32.2. The molecular formula is C21H27N3O2S. The summed E-state index contributed by atoms with van der Waals surface area (Å²) >= 11 is 0. The van der Waals surface area contributed by atoms with Crippen LogP contribution in [0, 0.1) is 0 Å². The maximum Gasteiger partial charge on any atom is 0.263 e. The molecule has 0 bridgehead atoms. The Balaban J connectivity index is 1.55. The Hall–Kier alpha value is -2.34. The van der Waals surface area contributed by atoms with E-state index in [-0.39, 0.29) is 4.90 Å². The first kappa shape index (κ1) is 19.4. The van der Waals surface area contributed by atoms with Crippen LogP contribution in [0.5, 0.6) is 0 Å². The van der Waals surface area contributed by atoms with Gasteiger partial charge in [0.05, 0.1) is 16.8 Å². The van der Waals surface area contributed by atoms with Gasteiger partial charge in [-0.15, -0.1) is 0 Å². The smallest absolute Gasteiger partial charge is 0.263 e. The van der Waals surface area contributed by atoms with Crippen molar-refractivity contribution in [3.8, 4) is 0 Å². The summed E-state index contributed by atoms with van der Waals surface area (Å²) in [4.78, 5) is 4.46. The molecule has 27 heavy (non-hydrogen) atoms. The summed E-state index contributed by atoms with van der Waals surface area (Å²) in [5.41, 5.74) is 3.52. The van der Waals surface area contributed by atoms with Crippen molar-refractivity contribution >= 4 is 21.5 Å². The molecule has 0 saturated heterocycles. The van der Waals surface area contributed by atoms with Gasteiger partial charge in [-0.1, -0.05) is 30.7 Å². The molecule has 1 aromatic heterocycles. The second-order valence-corrected chi connectivity index (χ2v) is 8.50. The van der Waals surface area contributed by atoms with E-state index in [2.05, 4.69) is 21.1 Å². The second-order valence-electron chi connectivity index (χ2n) is 6.82. The van der Waals surface area contributed by atoms with E-state index >= 15 is 0 Å². The third kappa shape index (κ3) is 5.57. The van der Waals surface area contributed by atoms with Crippen molar-refractivity contribution in [1.82, 2.24) is 4.98 Å². The number of hydrogen-bond donors (Lipinski definition) is 2. The number of benzene rings is 1. The summed E-state index contributed by atoms with van der Waals surface area (Å²) in [5.74, 6) is 0.315. The molecule has 0 radical (unpaired) electrons. The summed E-state index contributed by atoms with van der Waals surface area (Å²) in [6, 6.07) is 10.4. The maximum atomic E-state index is 12.5. The first-order valence-electron chi connectivity index (χ1n) is 9.56. The number of aromatic nitrogens is 1. The van der Waals surface area contributed by atoms with Crippen molar-refractivity contribution in [1.29, 1.82) is 0 Å². The highest BCUT2D eigenvalue weighted by Gasteiger charge is 2.14. The fourth-order valence-electron chi connectivity index (χ4n) is 3.16. The molecule has 3 rings (SSSR count). The first-order chi connectivity index (χ1) is 13.1. The second kappa shape index (κ2) is 9.04. The van der Waals surface area contributed by atoms with Crippen molar-refractivity contribution in [2.45, 2.75) is 50.3 Å². The largest absolute Gasteiger partial charge is 0.383 e. The molecule has 0 amide bonds. The number of nitrogens with one attached hydrogen (secondary N) is 2. The third-order valence-electron chi connectivity index (χ3n) is 4.80. The average Bonchev–Trinajstić information content (AvgIpc) is 2.70. The van der Waals surface area contributed by atoms with Crippen LogP contribution in [-0.4, -0.2) is 19.9 Å². The molecule has 0 aliphatic heterocycles. The van der Waals surface area contributed by atoms with Gasteiger partial charge in [0.15, 0.2) is 0 Å². The third-order valence-corrected chi connectivity index (χ3v) is 6.18. The highest BCUT2D eigenvalue weighted by molar-refractivity contribution is 7.92. The van der Waals surface area contributed by atoms with Crippen LogP contribution in [0.2, 0.25) is 0 Å². The summed E-state index contributed by atoms with van der Waals surface area (Å²) < 4.78 is 27.5. The fourth-order valence-corrected chi connectivity index (χ4v) is 4.17. The number of rotatable bonds is 8. The predicted molar refractivity (Wildman–Crippen MR) is 111 cm³/mol. The highest BCUT2D eigenvalue weighted by Crippen LogP contribution is 2.20. The van der Waals surface area contributed by atoms with E-state index in [1.54, 1.807) is 24.4 Å². The molecule has 6 heteroatoms. The summed E-state index contributed by atoms with van der Waals surface area (Å²) in [5, 5.41) is 3.35. The Bertz CT molecular complexity index is 873. The van der Waals surface area contributed by atoms with Gasteiger partial charge in [-0.05, 0) is 68.4 Å². The van der Waals surface area contributed by atoms with Crippen LogP contribution in [0.15, 0.2) is 59.1 Å². The molecule has 1 aliphatic rings. The lowest BCUT2D eigenvalue weighted by Gasteiger charge is -2.13. The Morgan fingerprint density at radius 2 is 1.89 bits per heavy atom. The van der Waals surface area contributed by atoms with E-state index in [9.17, 15) is 8.42 Å². The van der Waals surface area contributed by atoms with E-state index in [1.807, 2.05) is 25.1 Å². The lowest BCUT2D eigenvalue weighted by molar-refractivity contribution is 0.601. The fraction of sp³-hybridized carbons (Fsp3) is 0.381. The topological polar surface area (TPSA) is 71.1 Å². The van der Waals surface area contributed by atoms with Gasteiger partial charge in [-0.3, -0.25) is 4.72 Å². The van der Waals surface area contributed by atoms with Gasteiger partial charge < -0.3 is 5.32 Å². The normalized spacial score (nSPS) is 14.5. The van der Waals surface area contributed by atoms with Gasteiger partial charge in [0, 0.05) is 6.54 Å². The van der Waals surface area contributed by atoms with E-state index in [1.165, 1.54) is 31.3 Å². The van der Waals surface area contributed by atoms with Gasteiger partial charge in [-0.2, -0.15) is 0 Å². The molecule has 2 aromatic rings. The minimum atomic E-state index is -3.62. The molecule has 0 saturated carbocycles. The monoisotopic (exact) mass is 385 g/mol. The average molecular weight is 386 g/mol. The lowest BCUT2D eigenvalue weighted by Crippen LogP contribution is -2.14. The predicted octanol–water partition coefficient (Wildman–Crippen LogP) is 4.75. The van der Waals surface area contributed by atoms with E-state index in [4.69, 9.17) is 0 Å². The van der Waals surface area contributed by atoms with Crippen molar-refractivity contribution in [2.75, 3.05) is 16.6 Å². The molecule has 144 valence electrons. The Labute approximate surface area is 162 Å². The molecule has 0 spiro atoms. The molecule has 1 aliphatic carbocycles. The number of aryl methyl sites for hydroxylation is 1. The van der Waals surface area contributed by atoms with Crippen LogP contribution >= 0.6 is 0 Å². The standard InChI is InChI=1S/C21H27N3O2S/c1-2-17-8-11-20(12-9-17)27(25,26)24-21-13-10-19(16-23-21)22-15-14-18-6-4-3-5-7-18/h6,8-13,16,22H,2-5,7,14-15H2,1H3,(H,23,24). The van der Waals surface area contributed by atoms with Crippen LogP contribution in [-0.2, 0) is 16.4 Å². The zero-order valence-electron chi connectivity index (χ0n) is 15.7. The zero-order chi connectivity index (χ0) is 19.1. The zero-order valence-corrected chi connectivity index (χ0v) is 16.6. The van der Waals surface area contributed by atoms with Crippen LogP contribution in [0.3, 0.4) is 0 Å².